The van der Waals surface area contributed by atoms with Gasteiger partial charge < -0.3 is 19.1 Å². The van der Waals surface area contributed by atoms with Crippen LogP contribution in [0.4, 0.5) is 0 Å². The number of hydrogen-bond donors (Lipinski definition) is 0. The van der Waals surface area contributed by atoms with Gasteiger partial charge in [-0.3, -0.25) is 0 Å². The van der Waals surface area contributed by atoms with E-state index in [2.05, 4.69) is 34.7 Å². The van der Waals surface area contributed by atoms with E-state index in [1.165, 1.54) is 12.8 Å². The SMILES string of the molecule is CCCCOCCOCCOCCN(CC)CCCBr. The van der Waals surface area contributed by atoms with Crippen molar-refractivity contribution >= 4 is 15.9 Å². The summed E-state index contributed by atoms with van der Waals surface area (Å²) in [5.74, 6) is 0. The average Bonchev–Trinajstić information content (AvgIpc) is 2.48. The predicted molar refractivity (Wildman–Crippen MR) is 87.9 cm³/mol. The number of unbranched alkanes of at least 4 members (excludes halogenated alkanes) is 1. The van der Waals surface area contributed by atoms with Gasteiger partial charge in [0.05, 0.1) is 33.0 Å². The Balaban J connectivity index is 3.15. The first-order chi connectivity index (χ1) is 9.85. The fourth-order valence-electron chi connectivity index (χ4n) is 1.69. The van der Waals surface area contributed by atoms with Crippen LogP contribution in [0, 0.1) is 0 Å². The molecule has 0 amide bonds. The zero-order chi connectivity index (χ0) is 14.9. The van der Waals surface area contributed by atoms with E-state index >= 15 is 0 Å². The topological polar surface area (TPSA) is 30.9 Å². The Bertz CT molecular complexity index is 185. The average molecular weight is 354 g/mol. The first kappa shape index (κ1) is 20.3. The highest BCUT2D eigenvalue weighted by atomic mass is 79.9. The Morgan fingerprint density at radius 1 is 0.750 bits per heavy atom. The molecule has 0 aliphatic rings. The van der Waals surface area contributed by atoms with Crippen molar-refractivity contribution in [3.63, 3.8) is 0 Å². The minimum absolute atomic E-state index is 0.657. The van der Waals surface area contributed by atoms with E-state index in [0.29, 0.717) is 26.4 Å². The van der Waals surface area contributed by atoms with Crippen LogP contribution in [0.2, 0.25) is 0 Å². The van der Waals surface area contributed by atoms with Gasteiger partial charge >= 0.3 is 0 Å². The quantitative estimate of drug-likeness (QED) is 0.315. The largest absolute Gasteiger partial charge is 0.379 e. The van der Waals surface area contributed by atoms with Crippen LogP contribution in [-0.2, 0) is 14.2 Å². The van der Waals surface area contributed by atoms with Crippen molar-refractivity contribution in [2.45, 2.75) is 33.1 Å². The fourth-order valence-corrected chi connectivity index (χ4v) is 1.94. The molecule has 0 atom stereocenters. The van der Waals surface area contributed by atoms with Crippen LogP contribution in [0.25, 0.3) is 0 Å². The maximum absolute atomic E-state index is 5.57. The highest BCUT2D eigenvalue weighted by molar-refractivity contribution is 9.09. The van der Waals surface area contributed by atoms with E-state index in [4.69, 9.17) is 14.2 Å². The Labute approximate surface area is 133 Å². The van der Waals surface area contributed by atoms with E-state index in [9.17, 15) is 0 Å². The predicted octanol–water partition coefficient (Wildman–Crippen LogP) is 2.94. The lowest BCUT2D eigenvalue weighted by atomic mass is 10.4. The lowest BCUT2D eigenvalue weighted by molar-refractivity contribution is 0.0104. The molecule has 122 valence electrons. The van der Waals surface area contributed by atoms with E-state index < -0.39 is 0 Å². The summed E-state index contributed by atoms with van der Waals surface area (Å²) < 4.78 is 16.4. The monoisotopic (exact) mass is 353 g/mol. The van der Waals surface area contributed by atoms with Crippen molar-refractivity contribution in [1.29, 1.82) is 0 Å². The normalized spacial score (nSPS) is 11.4. The van der Waals surface area contributed by atoms with Crippen molar-refractivity contribution in [3.8, 4) is 0 Å². The number of alkyl halides is 1. The van der Waals surface area contributed by atoms with Crippen LogP contribution in [0.3, 0.4) is 0 Å². The minimum atomic E-state index is 0.657. The van der Waals surface area contributed by atoms with Crippen molar-refractivity contribution in [2.24, 2.45) is 0 Å². The van der Waals surface area contributed by atoms with Crippen LogP contribution in [0.5, 0.6) is 0 Å². The molecule has 0 saturated carbocycles. The highest BCUT2D eigenvalue weighted by Crippen LogP contribution is 1.94. The van der Waals surface area contributed by atoms with Gasteiger partial charge in [0.15, 0.2) is 0 Å². The molecule has 0 unspecified atom stereocenters. The summed E-state index contributed by atoms with van der Waals surface area (Å²) in [6, 6.07) is 0. The summed E-state index contributed by atoms with van der Waals surface area (Å²) in [5.41, 5.74) is 0. The van der Waals surface area contributed by atoms with Crippen LogP contribution in [0.15, 0.2) is 0 Å². The van der Waals surface area contributed by atoms with E-state index in [0.717, 1.165) is 44.6 Å². The first-order valence-corrected chi connectivity index (χ1v) is 8.98. The third-order valence-corrected chi connectivity index (χ3v) is 3.55. The van der Waals surface area contributed by atoms with Gasteiger partial charge in [-0.1, -0.05) is 36.2 Å². The van der Waals surface area contributed by atoms with Gasteiger partial charge in [-0.15, -0.1) is 0 Å². The Hall–Kier alpha value is 0.320. The lowest BCUT2D eigenvalue weighted by Crippen LogP contribution is -2.29. The van der Waals surface area contributed by atoms with Crippen molar-refractivity contribution < 1.29 is 14.2 Å². The molecular weight excluding hydrogens is 322 g/mol. The van der Waals surface area contributed by atoms with Gasteiger partial charge in [0.1, 0.15) is 0 Å². The summed E-state index contributed by atoms with van der Waals surface area (Å²) >= 11 is 3.46. The lowest BCUT2D eigenvalue weighted by Gasteiger charge is -2.19. The smallest absolute Gasteiger partial charge is 0.0701 e. The first-order valence-electron chi connectivity index (χ1n) is 7.86. The van der Waals surface area contributed by atoms with Crippen LogP contribution >= 0.6 is 15.9 Å². The zero-order valence-electron chi connectivity index (χ0n) is 13.2. The number of ether oxygens (including phenoxy) is 3. The summed E-state index contributed by atoms with van der Waals surface area (Å²) in [7, 11) is 0. The molecule has 0 saturated heterocycles. The van der Waals surface area contributed by atoms with Gasteiger partial charge in [0.25, 0.3) is 0 Å². The molecule has 4 nitrogen and oxygen atoms in total. The summed E-state index contributed by atoms with van der Waals surface area (Å²) in [5, 5.41) is 1.07. The second-order valence-corrected chi connectivity index (χ2v) is 5.46. The molecular formula is C15H32BrNO3. The molecule has 0 aliphatic heterocycles. The van der Waals surface area contributed by atoms with Crippen LogP contribution < -0.4 is 0 Å². The van der Waals surface area contributed by atoms with E-state index in [1.54, 1.807) is 0 Å². The maximum Gasteiger partial charge on any atom is 0.0701 e. The Kier molecular flexibility index (Phi) is 17.6. The van der Waals surface area contributed by atoms with Crippen LogP contribution in [-0.4, -0.2) is 69.5 Å². The summed E-state index contributed by atoms with van der Waals surface area (Å²) in [4.78, 5) is 2.41. The molecule has 0 N–H and O–H groups in total. The molecule has 5 heteroatoms. The number of likely N-dealkylation sites (N-methyl/N-ethyl adjacent to an activating group) is 1. The molecule has 0 spiro atoms. The highest BCUT2D eigenvalue weighted by Gasteiger charge is 2.01. The van der Waals surface area contributed by atoms with Crippen LogP contribution in [0.1, 0.15) is 33.1 Å². The Morgan fingerprint density at radius 2 is 1.35 bits per heavy atom. The molecule has 20 heavy (non-hydrogen) atoms. The molecule has 0 aromatic heterocycles. The van der Waals surface area contributed by atoms with Gasteiger partial charge in [-0.2, -0.15) is 0 Å². The molecule has 0 aromatic rings. The fraction of sp³-hybridized carbons (Fsp3) is 1.00. The molecule has 0 rings (SSSR count). The number of hydrogen-bond acceptors (Lipinski definition) is 4. The third-order valence-electron chi connectivity index (χ3n) is 2.99. The molecule has 0 aromatic carbocycles. The van der Waals surface area contributed by atoms with Crippen molar-refractivity contribution in [3.05, 3.63) is 0 Å². The van der Waals surface area contributed by atoms with Gasteiger partial charge in [-0.25, -0.2) is 0 Å². The molecule has 0 aliphatic carbocycles. The third kappa shape index (κ3) is 14.7. The van der Waals surface area contributed by atoms with Gasteiger partial charge in [-0.05, 0) is 25.9 Å². The number of rotatable bonds is 16. The van der Waals surface area contributed by atoms with Gasteiger partial charge in [0.2, 0.25) is 0 Å². The van der Waals surface area contributed by atoms with E-state index in [1.807, 2.05) is 0 Å². The maximum atomic E-state index is 5.57. The minimum Gasteiger partial charge on any atom is -0.379 e. The van der Waals surface area contributed by atoms with Crippen molar-refractivity contribution in [2.75, 3.05) is 64.6 Å². The van der Waals surface area contributed by atoms with Gasteiger partial charge in [0, 0.05) is 18.5 Å². The van der Waals surface area contributed by atoms with Crippen molar-refractivity contribution in [1.82, 2.24) is 4.90 Å². The molecule has 0 fully saturated rings. The molecule has 0 bridgehead atoms. The Morgan fingerprint density at radius 3 is 1.90 bits per heavy atom. The summed E-state index contributed by atoms with van der Waals surface area (Å²) in [6.07, 6.45) is 3.50. The second kappa shape index (κ2) is 17.4. The molecule has 0 radical (unpaired) electrons. The number of halogens is 1. The summed E-state index contributed by atoms with van der Waals surface area (Å²) in [6.45, 7) is 11.9. The standard InChI is InChI=1S/C15H32BrNO3/c1-3-5-10-18-12-14-20-15-13-19-11-9-17(4-2)8-6-7-16/h3-15H2,1-2H3. The molecule has 0 heterocycles. The number of nitrogens with zero attached hydrogens (tertiary/aromatic N) is 1. The second-order valence-electron chi connectivity index (χ2n) is 4.67. The zero-order valence-corrected chi connectivity index (χ0v) is 14.8. The van der Waals surface area contributed by atoms with E-state index in [-0.39, 0.29) is 0 Å².